The molecule has 0 aliphatic carbocycles. The lowest BCUT2D eigenvalue weighted by atomic mass is 10.1. The number of nitrogens with one attached hydrogen (secondary N) is 1. The number of aromatic nitrogens is 2. The molecule has 1 aliphatic rings. The first-order valence-electron chi connectivity index (χ1n) is 7.40. The van der Waals surface area contributed by atoms with Crippen molar-refractivity contribution < 1.29 is 0 Å². The minimum absolute atomic E-state index is 0.524. The van der Waals surface area contributed by atoms with Crippen LogP contribution in [0.15, 0.2) is 12.3 Å². The largest absolute Gasteiger partial charge is 0.314 e. The maximum atomic E-state index is 4.69. The first-order valence-corrected chi connectivity index (χ1v) is 7.40. The Kier molecular flexibility index (Phi) is 5.28. The number of rotatable bonds is 5. The predicted octanol–water partition coefficient (Wildman–Crippen LogP) is 1.51. The van der Waals surface area contributed by atoms with Crippen LogP contribution in [0.2, 0.25) is 0 Å². The summed E-state index contributed by atoms with van der Waals surface area (Å²) in [6.45, 7) is 11.2. The van der Waals surface area contributed by atoms with E-state index in [-0.39, 0.29) is 0 Å². The van der Waals surface area contributed by atoms with E-state index < -0.39 is 0 Å². The molecule has 1 fully saturated rings. The molecule has 1 aromatic rings. The maximum absolute atomic E-state index is 4.69. The van der Waals surface area contributed by atoms with Crippen LogP contribution in [0.1, 0.15) is 32.3 Å². The van der Waals surface area contributed by atoms with E-state index in [1.165, 1.54) is 5.69 Å². The molecule has 2 rings (SSSR count). The van der Waals surface area contributed by atoms with E-state index in [4.69, 9.17) is 4.98 Å². The van der Waals surface area contributed by atoms with Crippen molar-refractivity contribution in [3.63, 3.8) is 0 Å². The second-order valence-electron chi connectivity index (χ2n) is 5.90. The normalized spacial score (nSPS) is 18.7. The zero-order chi connectivity index (χ0) is 13.7. The van der Waals surface area contributed by atoms with Crippen LogP contribution in [-0.4, -0.2) is 47.1 Å². The Morgan fingerprint density at radius 1 is 1.21 bits per heavy atom. The van der Waals surface area contributed by atoms with E-state index in [1.807, 2.05) is 12.3 Å². The highest BCUT2D eigenvalue weighted by atomic mass is 15.2. The molecule has 0 aromatic carbocycles. The summed E-state index contributed by atoms with van der Waals surface area (Å²) >= 11 is 0. The molecule has 1 atom stereocenters. The van der Waals surface area contributed by atoms with Crippen LogP contribution in [0, 0.1) is 5.92 Å². The average Bonchev–Trinajstić information content (AvgIpc) is 2.39. The van der Waals surface area contributed by atoms with Crippen LogP contribution in [0.3, 0.4) is 0 Å². The third-order valence-corrected chi connectivity index (χ3v) is 3.63. The number of hydrogen-bond acceptors (Lipinski definition) is 4. The Morgan fingerprint density at radius 3 is 2.63 bits per heavy atom. The van der Waals surface area contributed by atoms with Gasteiger partial charge in [-0.15, -0.1) is 0 Å². The molecule has 4 heteroatoms. The summed E-state index contributed by atoms with van der Waals surface area (Å²) in [4.78, 5) is 11.6. The first kappa shape index (κ1) is 14.4. The lowest BCUT2D eigenvalue weighted by Gasteiger charge is -2.32. The summed E-state index contributed by atoms with van der Waals surface area (Å²) in [5.74, 6) is 1.64. The molecule has 106 valence electrons. The van der Waals surface area contributed by atoms with Gasteiger partial charge in [0.15, 0.2) is 0 Å². The monoisotopic (exact) mass is 262 g/mol. The molecule has 2 heterocycles. The summed E-state index contributed by atoms with van der Waals surface area (Å²) in [7, 11) is 0. The van der Waals surface area contributed by atoms with Crippen molar-refractivity contribution in [2.24, 2.45) is 5.92 Å². The third-order valence-electron chi connectivity index (χ3n) is 3.63. The van der Waals surface area contributed by atoms with Gasteiger partial charge in [0.1, 0.15) is 5.82 Å². The molecule has 1 aromatic heterocycles. The number of hydrogen-bond donors (Lipinski definition) is 1. The standard InChI is InChI=1S/C15H26N4/c1-12(2)10-14-4-5-17-15(18-14)11-13(3)19-8-6-16-7-9-19/h4-5,12-13,16H,6-11H2,1-3H3. The van der Waals surface area contributed by atoms with E-state index in [9.17, 15) is 0 Å². The van der Waals surface area contributed by atoms with Gasteiger partial charge in [-0.2, -0.15) is 0 Å². The van der Waals surface area contributed by atoms with Gasteiger partial charge in [0.2, 0.25) is 0 Å². The molecule has 4 nitrogen and oxygen atoms in total. The minimum Gasteiger partial charge on any atom is -0.314 e. The Balaban J connectivity index is 1.93. The topological polar surface area (TPSA) is 41.1 Å². The molecule has 0 bridgehead atoms. The van der Waals surface area contributed by atoms with Crippen molar-refractivity contribution in [3.8, 4) is 0 Å². The Hall–Kier alpha value is -1.00. The second-order valence-corrected chi connectivity index (χ2v) is 5.90. The molecule has 1 unspecified atom stereocenters. The van der Waals surface area contributed by atoms with Crippen LogP contribution in [0.4, 0.5) is 0 Å². The van der Waals surface area contributed by atoms with Crippen LogP contribution >= 0.6 is 0 Å². The highest BCUT2D eigenvalue weighted by Gasteiger charge is 2.17. The van der Waals surface area contributed by atoms with E-state index in [1.54, 1.807) is 0 Å². The summed E-state index contributed by atoms with van der Waals surface area (Å²) in [5, 5.41) is 3.39. The molecule has 1 saturated heterocycles. The molecule has 0 amide bonds. The van der Waals surface area contributed by atoms with Crippen LogP contribution < -0.4 is 5.32 Å². The van der Waals surface area contributed by atoms with Crippen LogP contribution in [0.25, 0.3) is 0 Å². The number of piperazine rings is 1. The van der Waals surface area contributed by atoms with Crippen molar-refractivity contribution in [2.75, 3.05) is 26.2 Å². The summed E-state index contributed by atoms with van der Waals surface area (Å²) in [6.07, 6.45) is 3.90. The molecule has 1 aliphatic heterocycles. The average molecular weight is 262 g/mol. The zero-order valence-electron chi connectivity index (χ0n) is 12.4. The van der Waals surface area contributed by atoms with E-state index in [0.717, 1.165) is 44.8 Å². The summed E-state index contributed by atoms with van der Waals surface area (Å²) in [5.41, 5.74) is 1.17. The van der Waals surface area contributed by atoms with Gasteiger partial charge in [-0.25, -0.2) is 9.97 Å². The zero-order valence-corrected chi connectivity index (χ0v) is 12.4. The van der Waals surface area contributed by atoms with Gasteiger partial charge in [-0.1, -0.05) is 13.8 Å². The molecule has 0 radical (unpaired) electrons. The lowest BCUT2D eigenvalue weighted by molar-refractivity contribution is 0.181. The summed E-state index contributed by atoms with van der Waals surface area (Å²) < 4.78 is 0. The van der Waals surface area contributed by atoms with Crippen LogP contribution in [0.5, 0.6) is 0 Å². The maximum Gasteiger partial charge on any atom is 0.130 e. The van der Waals surface area contributed by atoms with Crippen LogP contribution in [-0.2, 0) is 12.8 Å². The second kappa shape index (κ2) is 6.96. The lowest BCUT2D eigenvalue weighted by Crippen LogP contribution is -2.48. The van der Waals surface area contributed by atoms with Crippen molar-refractivity contribution >= 4 is 0 Å². The van der Waals surface area contributed by atoms with Crippen molar-refractivity contribution in [1.29, 1.82) is 0 Å². The molecular weight excluding hydrogens is 236 g/mol. The van der Waals surface area contributed by atoms with E-state index in [0.29, 0.717) is 12.0 Å². The van der Waals surface area contributed by atoms with Gasteiger partial charge in [0.25, 0.3) is 0 Å². The highest BCUT2D eigenvalue weighted by molar-refractivity contribution is 5.04. The third kappa shape index (κ3) is 4.55. The molecule has 19 heavy (non-hydrogen) atoms. The van der Waals surface area contributed by atoms with Gasteiger partial charge in [-0.3, -0.25) is 4.90 Å². The molecule has 0 saturated carbocycles. The van der Waals surface area contributed by atoms with Crippen molar-refractivity contribution in [1.82, 2.24) is 20.2 Å². The van der Waals surface area contributed by atoms with Gasteiger partial charge in [-0.05, 0) is 25.3 Å². The van der Waals surface area contributed by atoms with Gasteiger partial charge in [0, 0.05) is 50.5 Å². The summed E-state index contributed by atoms with van der Waals surface area (Å²) in [6, 6.07) is 2.57. The fraction of sp³-hybridized carbons (Fsp3) is 0.733. The molecule has 1 N–H and O–H groups in total. The quantitative estimate of drug-likeness (QED) is 0.873. The van der Waals surface area contributed by atoms with Gasteiger partial charge in [0.05, 0.1) is 0 Å². The fourth-order valence-electron chi connectivity index (χ4n) is 2.59. The van der Waals surface area contributed by atoms with Crippen molar-refractivity contribution in [2.45, 2.75) is 39.7 Å². The van der Waals surface area contributed by atoms with Gasteiger partial charge >= 0.3 is 0 Å². The Morgan fingerprint density at radius 2 is 1.95 bits per heavy atom. The minimum atomic E-state index is 0.524. The fourth-order valence-corrected chi connectivity index (χ4v) is 2.59. The predicted molar refractivity (Wildman–Crippen MR) is 78.2 cm³/mol. The van der Waals surface area contributed by atoms with Crippen molar-refractivity contribution in [3.05, 3.63) is 23.8 Å². The number of nitrogens with zero attached hydrogens (tertiary/aromatic N) is 3. The molecular formula is C15H26N4. The SMILES string of the molecule is CC(C)Cc1ccnc(CC(C)N2CCNCC2)n1. The highest BCUT2D eigenvalue weighted by Crippen LogP contribution is 2.09. The molecule has 0 spiro atoms. The smallest absolute Gasteiger partial charge is 0.130 e. The Labute approximate surface area is 116 Å². The van der Waals surface area contributed by atoms with Gasteiger partial charge < -0.3 is 5.32 Å². The van der Waals surface area contributed by atoms with E-state index >= 15 is 0 Å². The first-order chi connectivity index (χ1) is 9.15. The Bertz CT molecular complexity index is 385. The van der Waals surface area contributed by atoms with E-state index in [2.05, 4.69) is 36.0 Å².